The Morgan fingerprint density at radius 2 is 1.26 bits per heavy atom. The zero-order valence-corrected chi connectivity index (χ0v) is 19.6. The van der Waals surface area contributed by atoms with Crippen molar-refractivity contribution in [3.05, 3.63) is 70.2 Å². The lowest BCUT2D eigenvalue weighted by molar-refractivity contribution is 0.107. The van der Waals surface area contributed by atoms with Crippen molar-refractivity contribution >= 4 is 73.8 Å². The Morgan fingerprint density at radius 3 is 1.52 bits per heavy atom. The summed E-state index contributed by atoms with van der Waals surface area (Å²) < 4.78 is 0.939. The summed E-state index contributed by atoms with van der Waals surface area (Å²) in [5, 5.41) is -0.830. The second-order valence-corrected chi connectivity index (χ2v) is 7.68. The zero-order valence-electron chi connectivity index (χ0n) is 14.9. The molecule has 0 spiro atoms. The van der Waals surface area contributed by atoms with Gasteiger partial charge < -0.3 is 0 Å². The van der Waals surface area contributed by atoms with Crippen molar-refractivity contribution in [1.29, 1.82) is 0 Å². The molecule has 0 radical (unpaired) electrons. The molecule has 0 unspecified atom stereocenters. The lowest BCUT2D eigenvalue weighted by atomic mass is 10.1. The largest absolute Gasteiger partial charge is 0.276 e. The monoisotopic (exact) mass is 516 g/mol. The summed E-state index contributed by atoms with van der Waals surface area (Å²) in [7, 11) is 0. The average molecular weight is 519 g/mol. The van der Waals surface area contributed by atoms with Crippen molar-refractivity contribution in [2.75, 3.05) is 0 Å². The number of rotatable bonds is 3. The van der Waals surface area contributed by atoms with Crippen LogP contribution in [-0.2, 0) is 0 Å². The third-order valence-electron chi connectivity index (χ3n) is 2.49. The summed E-state index contributed by atoms with van der Waals surface area (Å²) in [5.41, 5.74) is 3.92. The van der Waals surface area contributed by atoms with E-state index in [2.05, 4.69) is 26.3 Å². The second-order valence-electron chi connectivity index (χ2n) is 5.89. The summed E-state index contributed by atoms with van der Waals surface area (Å²) in [6.45, 7) is 6.05. The van der Waals surface area contributed by atoms with Gasteiger partial charge in [-0.2, -0.15) is 4.94 Å². The fraction of sp³-hybridized carbons (Fsp3) is 0.222. The van der Waals surface area contributed by atoms with Crippen molar-refractivity contribution in [1.82, 2.24) is 10.4 Å². The molecule has 27 heavy (non-hydrogen) atoms. The van der Waals surface area contributed by atoms with Gasteiger partial charge in [-0.1, -0.05) is 46.3 Å². The summed E-state index contributed by atoms with van der Waals surface area (Å²) in [6.07, 6.45) is 0. The lowest BCUT2D eigenvalue weighted by Gasteiger charge is -2.17. The highest BCUT2D eigenvalue weighted by Crippen LogP contribution is 2.11. The van der Waals surface area contributed by atoms with Gasteiger partial charge in [-0.15, -0.1) is 12.4 Å². The maximum atomic E-state index is 10.5. The Labute approximate surface area is 189 Å². The molecule has 150 valence electrons. The SMILES string of the molecule is CC(C)(C)NNCl.Cl.O=C(Cl)c1ccc(Br)cc1.O=C(Cl)c1ccccc1. The van der Waals surface area contributed by atoms with E-state index >= 15 is 0 Å². The van der Waals surface area contributed by atoms with E-state index < -0.39 is 10.5 Å². The number of carbonyl (C=O) groups excluding carboxylic acids is 2. The average Bonchev–Trinajstić information content (AvgIpc) is 2.56. The number of hydrogen-bond acceptors (Lipinski definition) is 4. The van der Waals surface area contributed by atoms with Crippen LogP contribution in [0.4, 0.5) is 0 Å². The molecule has 0 aliphatic heterocycles. The molecule has 0 aliphatic rings. The highest BCUT2D eigenvalue weighted by molar-refractivity contribution is 9.10. The first-order valence-corrected chi connectivity index (χ1v) is 9.32. The van der Waals surface area contributed by atoms with Crippen molar-refractivity contribution < 1.29 is 9.59 Å². The molecule has 0 amide bonds. The van der Waals surface area contributed by atoms with Crippen molar-refractivity contribution in [2.24, 2.45) is 0 Å². The Balaban J connectivity index is 0. The van der Waals surface area contributed by atoms with Crippen molar-refractivity contribution in [2.45, 2.75) is 26.3 Å². The number of hydrogen-bond donors (Lipinski definition) is 2. The van der Waals surface area contributed by atoms with Crippen LogP contribution >= 0.6 is 63.3 Å². The normalized spacial score (nSPS) is 9.59. The summed E-state index contributed by atoms with van der Waals surface area (Å²) in [5.74, 6) is 0. The van der Waals surface area contributed by atoms with E-state index in [9.17, 15) is 9.59 Å². The van der Waals surface area contributed by atoms with Crippen LogP contribution in [0.3, 0.4) is 0 Å². The van der Waals surface area contributed by atoms with E-state index in [-0.39, 0.29) is 17.9 Å². The lowest BCUT2D eigenvalue weighted by Crippen LogP contribution is -2.41. The molecule has 2 aromatic carbocycles. The predicted octanol–water partition coefficient (Wildman–Crippen LogP) is 6.35. The molecule has 0 aromatic heterocycles. The van der Waals surface area contributed by atoms with E-state index in [0.29, 0.717) is 11.1 Å². The van der Waals surface area contributed by atoms with Gasteiger partial charge in [0.05, 0.1) is 0 Å². The minimum absolute atomic E-state index is 0. The molecule has 2 rings (SSSR count). The molecule has 2 aromatic rings. The number of benzene rings is 2. The van der Waals surface area contributed by atoms with Gasteiger partial charge in [0.2, 0.25) is 0 Å². The molecular formula is C18H21BrCl4N2O2. The number of hydrazine groups is 1. The Hall–Kier alpha value is -0.660. The van der Waals surface area contributed by atoms with Crippen LogP contribution in [0.5, 0.6) is 0 Å². The van der Waals surface area contributed by atoms with Crippen LogP contribution in [0.2, 0.25) is 0 Å². The first kappa shape index (κ1) is 28.5. The third-order valence-corrected chi connectivity index (χ3v) is 3.55. The minimum Gasteiger partial charge on any atom is -0.276 e. The van der Waals surface area contributed by atoms with Gasteiger partial charge in [0, 0.05) is 21.1 Å². The topological polar surface area (TPSA) is 58.2 Å². The van der Waals surface area contributed by atoms with Gasteiger partial charge in [0.1, 0.15) is 0 Å². The fourth-order valence-corrected chi connectivity index (χ4v) is 2.09. The van der Waals surface area contributed by atoms with Gasteiger partial charge in [-0.25, -0.2) is 5.43 Å². The van der Waals surface area contributed by atoms with Crippen LogP contribution in [-0.4, -0.2) is 16.0 Å². The van der Waals surface area contributed by atoms with Crippen molar-refractivity contribution in [3.63, 3.8) is 0 Å². The van der Waals surface area contributed by atoms with E-state index in [1.165, 1.54) is 0 Å². The summed E-state index contributed by atoms with van der Waals surface area (Å²) in [6, 6.07) is 15.6. The third kappa shape index (κ3) is 16.0. The summed E-state index contributed by atoms with van der Waals surface area (Å²) in [4.78, 5) is 23.2. The highest BCUT2D eigenvalue weighted by atomic mass is 79.9. The zero-order chi connectivity index (χ0) is 20.2. The molecule has 0 saturated heterocycles. The number of carbonyl (C=O) groups is 2. The Kier molecular flexibility index (Phi) is 16.2. The van der Waals surface area contributed by atoms with Gasteiger partial charge >= 0.3 is 0 Å². The standard InChI is InChI=1S/C7H4BrClO.C7H5ClO.C4H11ClN2.ClH/c8-6-3-1-5(2-4-6)7(9)10;8-7(9)6-4-2-1-3-5-6;1-4(2,3)6-7-5;/h1-4H;1-5H;6-7H,1-3H3;1H. The van der Waals surface area contributed by atoms with E-state index in [1.807, 2.05) is 26.8 Å². The smallest absolute Gasteiger partial charge is 0.252 e. The molecule has 2 N–H and O–H groups in total. The Morgan fingerprint density at radius 1 is 0.852 bits per heavy atom. The molecule has 4 nitrogen and oxygen atoms in total. The molecule has 0 heterocycles. The van der Waals surface area contributed by atoms with E-state index in [4.69, 9.17) is 35.0 Å². The summed E-state index contributed by atoms with van der Waals surface area (Å²) >= 11 is 18.7. The molecule has 0 aliphatic carbocycles. The molecule has 0 fully saturated rings. The maximum Gasteiger partial charge on any atom is 0.252 e. The van der Waals surface area contributed by atoms with Crippen LogP contribution in [0.1, 0.15) is 41.5 Å². The van der Waals surface area contributed by atoms with Gasteiger partial charge in [0.15, 0.2) is 0 Å². The Bertz CT molecular complexity index is 678. The van der Waals surface area contributed by atoms with E-state index in [1.54, 1.807) is 48.5 Å². The quantitative estimate of drug-likeness (QED) is 0.282. The van der Waals surface area contributed by atoms with Gasteiger partial charge in [-0.3, -0.25) is 9.59 Å². The predicted molar refractivity (Wildman–Crippen MR) is 120 cm³/mol. The fourth-order valence-electron chi connectivity index (χ4n) is 1.29. The molecule has 9 heteroatoms. The van der Waals surface area contributed by atoms with Gasteiger partial charge in [-0.05, 0) is 80.0 Å². The maximum absolute atomic E-state index is 10.5. The van der Waals surface area contributed by atoms with Crippen molar-refractivity contribution in [3.8, 4) is 0 Å². The van der Waals surface area contributed by atoms with Crippen LogP contribution < -0.4 is 10.4 Å². The van der Waals surface area contributed by atoms with Crippen LogP contribution in [0.25, 0.3) is 0 Å². The first-order valence-electron chi connectivity index (χ1n) is 7.40. The number of halogens is 5. The molecule has 0 saturated carbocycles. The first-order chi connectivity index (χ1) is 12.1. The van der Waals surface area contributed by atoms with Crippen LogP contribution in [0.15, 0.2) is 59.1 Å². The van der Waals surface area contributed by atoms with Crippen LogP contribution in [0, 0.1) is 0 Å². The minimum atomic E-state index is -0.424. The van der Waals surface area contributed by atoms with Gasteiger partial charge in [0.25, 0.3) is 10.5 Å². The number of nitrogens with one attached hydrogen (secondary N) is 2. The molecule has 0 bridgehead atoms. The van der Waals surface area contributed by atoms with E-state index in [0.717, 1.165) is 4.47 Å². The highest BCUT2D eigenvalue weighted by Gasteiger charge is 2.05. The second kappa shape index (κ2) is 15.3. The molecule has 0 atom stereocenters. The molecular weight excluding hydrogens is 498 g/mol.